The maximum atomic E-state index is 5.99. The van der Waals surface area contributed by atoms with E-state index in [-0.39, 0.29) is 6.23 Å². The normalized spacial score (nSPS) is 14.2. The van der Waals surface area contributed by atoms with Crippen LogP contribution < -0.4 is 10.1 Å². The molecule has 0 fully saturated rings. The Balaban J connectivity index is 0.00000117. The summed E-state index contributed by atoms with van der Waals surface area (Å²) in [6.07, 6.45) is 4.06. The Kier molecular flexibility index (Phi) is 6.13. The Labute approximate surface area is 199 Å². The van der Waals surface area contributed by atoms with Gasteiger partial charge in [0, 0.05) is 11.1 Å². The maximum absolute atomic E-state index is 5.99. The molecule has 0 spiro atoms. The lowest BCUT2D eigenvalue weighted by molar-refractivity contribution is 0.260. The van der Waals surface area contributed by atoms with Crippen molar-refractivity contribution in [2.45, 2.75) is 20.1 Å². The number of hydrogen-bond acceptors (Lipinski definition) is 4. The number of oxazole rings is 1. The summed E-state index contributed by atoms with van der Waals surface area (Å²) in [7, 11) is 0. The van der Waals surface area contributed by atoms with Gasteiger partial charge in [0.2, 0.25) is 5.89 Å². The third kappa shape index (κ3) is 4.44. The van der Waals surface area contributed by atoms with Gasteiger partial charge in [0.15, 0.2) is 11.8 Å². The molecule has 0 radical (unpaired) electrons. The summed E-state index contributed by atoms with van der Waals surface area (Å²) in [6.45, 7) is 4.00. The van der Waals surface area contributed by atoms with Crippen LogP contribution in [-0.4, -0.2) is 4.98 Å². The zero-order valence-corrected chi connectivity index (χ0v) is 19.2. The predicted octanol–water partition coefficient (Wildman–Crippen LogP) is 8.19. The van der Waals surface area contributed by atoms with E-state index in [2.05, 4.69) is 58.9 Å². The molecule has 0 saturated carbocycles. The van der Waals surface area contributed by atoms with Gasteiger partial charge in [0.25, 0.3) is 0 Å². The number of benzene rings is 4. The van der Waals surface area contributed by atoms with Crippen molar-refractivity contribution in [1.29, 1.82) is 0 Å². The van der Waals surface area contributed by atoms with Crippen LogP contribution >= 0.6 is 0 Å². The van der Waals surface area contributed by atoms with E-state index in [4.69, 9.17) is 9.15 Å². The molecule has 5 aromatic rings. The standard InChI is InChI=1S/C28H20N2O2.C2H6/c1-3-7-25-23(5-1)29-27(31-25)21-15-11-19(12-16-21)9-10-20-13-17-22(18-14-20)28-30-24-6-2-4-8-26(24)32-28;1-2/h1-18,27,29H;1-2H3/b10-9+;. The zero-order valence-electron chi connectivity index (χ0n) is 19.2. The predicted molar refractivity (Wildman–Crippen MR) is 140 cm³/mol. The number of nitrogens with one attached hydrogen (secondary N) is 1. The minimum atomic E-state index is -0.148. The number of aromatic nitrogens is 1. The zero-order chi connectivity index (χ0) is 23.3. The van der Waals surface area contributed by atoms with E-state index in [0.717, 1.165) is 44.8 Å². The van der Waals surface area contributed by atoms with Gasteiger partial charge in [0.05, 0.1) is 5.69 Å². The topological polar surface area (TPSA) is 47.3 Å². The first-order chi connectivity index (χ1) is 16.8. The quantitative estimate of drug-likeness (QED) is 0.283. The number of anilines is 1. The Morgan fingerprint density at radius 3 is 2.09 bits per heavy atom. The van der Waals surface area contributed by atoms with Crippen LogP contribution in [0, 0.1) is 0 Å². The molecule has 1 aliphatic rings. The second-order valence-electron chi connectivity index (χ2n) is 7.75. The lowest BCUT2D eigenvalue weighted by Gasteiger charge is -2.11. The second-order valence-corrected chi connectivity index (χ2v) is 7.75. The SMILES string of the molecule is C(=C\c1ccc(C2Nc3ccccc3O2)cc1)/c1ccc(-c2nc3ccccc3o2)cc1.CC. The molecule has 2 heterocycles. The van der Waals surface area contributed by atoms with Crippen molar-refractivity contribution in [3.63, 3.8) is 0 Å². The largest absolute Gasteiger partial charge is 0.464 e. The smallest absolute Gasteiger partial charge is 0.227 e. The van der Waals surface area contributed by atoms with E-state index in [9.17, 15) is 0 Å². The first-order valence-electron chi connectivity index (χ1n) is 11.6. The number of para-hydroxylation sites is 4. The van der Waals surface area contributed by atoms with Crippen LogP contribution in [0.3, 0.4) is 0 Å². The van der Waals surface area contributed by atoms with Crippen LogP contribution in [0.4, 0.5) is 5.69 Å². The van der Waals surface area contributed by atoms with Gasteiger partial charge >= 0.3 is 0 Å². The summed E-state index contributed by atoms with van der Waals surface area (Å²) in [4.78, 5) is 4.56. The minimum absolute atomic E-state index is 0.148. The summed E-state index contributed by atoms with van der Waals surface area (Å²) in [5.41, 5.74) is 7.02. The number of nitrogens with zero attached hydrogens (tertiary/aromatic N) is 1. The van der Waals surface area contributed by atoms with Gasteiger partial charge in [-0.2, -0.15) is 0 Å². The van der Waals surface area contributed by atoms with Gasteiger partial charge in [-0.3, -0.25) is 0 Å². The van der Waals surface area contributed by atoms with Gasteiger partial charge in [-0.1, -0.05) is 86.7 Å². The maximum Gasteiger partial charge on any atom is 0.227 e. The first kappa shape index (κ1) is 21.5. The minimum Gasteiger partial charge on any atom is -0.464 e. The van der Waals surface area contributed by atoms with E-state index < -0.39 is 0 Å². The van der Waals surface area contributed by atoms with E-state index in [1.165, 1.54) is 0 Å². The van der Waals surface area contributed by atoms with E-state index in [1.807, 2.05) is 74.5 Å². The molecule has 6 rings (SSSR count). The van der Waals surface area contributed by atoms with Crippen molar-refractivity contribution in [2.75, 3.05) is 5.32 Å². The molecule has 1 unspecified atom stereocenters. The fraction of sp³-hybridized carbons (Fsp3) is 0.100. The van der Waals surface area contributed by atoms with Crippen molar-refractivity contribution in [1.82, 2.24) is 4.98 Å². The Bertz CT molecular complexity index is 1360. The van der Waals surface area contributed by atoms with Crippen LogP contribution in [0.2, 0.25) is 0 Å². The highest BCUT2D eigenvalue weighted by atomic mass is 16.5. The van der Waals surface area contributed by atoms with Gasteiger partial charge in [-0.25, -0.2) is 4.98 Å². The molecule has 0 aliphatic carbocycles. The van der Waals surface area contributed by atoms with Crippen LogP contribution in [0.15, 0.2) is 101 Å². The summed E-state index contributed by atoms with van der Waals surface area (Å²) in [6, 6.07) is 32.4. The fourth-order valence-corrected chi connectivity index (χ4v) is 3.84. The molecule has 1 N–H and O–H groups in total. The molecule has 1 aliphatic heterocycles. The Hall–Kier alpha value is -4.31. The molecule has 0 bridgehead atoms. The van der Waals surface area contributed by atoms with Gasteiger partial charge in [-0.15, -0.1) is 0 Å². The van der Waals surface area contributed by atoms with Crippen molar-refractivity contribution >= 4 is 28.9 Å². The average molecular weight is 447 g/mol. The van der Waals surface area contributed by atoms with Crippen molar-refractivity contribution in [3.8, 4) is 17.2 Å². The third-order valence-corrected chi connectivity index (χ3v) is 5.58. The molecule has 0 saturated heterocycles. The molecule has 0 amide bonds. The van der Waals surface area contributed by atoms with E-state index >= 15 is 0 Å². The molecule has 1 atom stereocenters. The van der Waals surface area contributed by atoms with E-state index in [1.54, 1.807) is 0 Å². The van der Waals surface area contributed by atoms with Crippen molar-refractivity contribution in [3.05, 3.63) is 114 Å². The highest BCUT2D eigenvalue weighted by Crippen LogP contribution is 2.37. The molecule has 1 aromatic heterocycles. The number of rotatable bonds is 4. The first-order valence-corrected chi connectivity index (χ1v) is 11.6. The Morgan fingerprint density at radius 2 is 1.38 bits per heavy atom. The highest BCUT2D eigenvalue weighted by molar-refractivity contribution is 5.76. The average Bonchev–Trinajstić information content (AvgIpc) is 3.54. The molecule has 4 heteroatoms. The fourth-order valence-electron chi connectivity index (χ4n) is 3.84. The van der Waals surface area contributed by atoms with Gasteiger partial charge < -0.3 is 14.5 Å². The molecule has 168 valence electrons. The lowest BCUT2D eigenvalue weighted by atomic mass is 10.1. The second kappa shape index (κ2) is 9.67. The molecule has 4 aromatic carbocycles. The molecular formula is C30H26N2O2. The van der Waals surface area contributed by atoms with Crippen molar-refractivity contribution in [2.24, 2.45) is 0 Å². The summed E-state index contributed by atoms with van der Waals surface area (Å²) in [5, 5.41) is 3.40. The number of hydrogen-bond donors (Lipinski definition) is 1. The van der Waals surface area contributed by atoms with Crippen LogP contribution in [0.5, 0.6) is 5.75 Å². The van der Waals surface area contributed by atoms with Gasteiger partial charge in [0.1, 0.15) is 11.3 Å². The highest BCUT2D eigenvalue weighted by Gasteiger charge is 2.22. The van der Waals surface area contributed by atoms with Gasteiger partial charge in [-0.05, 0) is 47.5 Å². The molecule has 34 heavy (non-hydrogen) atoms. The number of ether oxygens (including phenoxy) is 1. The van der Waals surface area contributed by atoms with E-state index in [0.29, 0.717) is 5.89 Å². The summed E-state index contributed by atoms with van der Waals surface area (Å²) >= 11 is 0. The monoisotopic (exact) mass is 446 g/mol. The van der Waals surface area contributed by atoms with Crippen LogP contribution in [0.1, 0.15) is 36.8 Å². The van der Waals surface area contributed by atoms with Crippen molar-refractivity contribution < 1.29 is 9.15 Å². The summed E-state index contributed by atoms with van der Waals surface area (Å²) < 4.78 is 11.8. The molecular weight excluding hydrogens is 420 g/mol. The van der Waals surface area contributed by atoms with Crippen LogP contribution in [0.25, 0.3) is 34.7 Å². The third-order valence-electron chi connectivity index (χ3n) is 5.58. The summed E-state index contributed by atoms with van der Waals surface area (Å²) in [5.74, 6) is 1.53. The number of fused-ring (bicyclic) bond motifs is 2. The Morgan fingerprint density at radius 1 is 0.735 bits per heavy atom. The molecule has 4 nitrogen and oxygen atoms in total. The lowest BCUT2D eigenvalue weighted by Crippen LogP contribution is -2.09. The van der Waals surface area contributed by atoms with Crippen LogP contribution in [-0.2, 0) is 0 Å².